The Labute approximate surface area is 78.2 Å². The summed E-state index contributed by atoms with van der Waals surface area (Å²) in [6.07, 6.45) is 3.59. The summed E-state index contributed by atoms with van der Waals surface area (Å²) in [5, 5.41) is 4.15. The highest BCUT2D eigenvalue weighted by atomic mass is 79.9. The molecule has 0 aliphatic rings. The Balaban J connectivity index is 2.45. The summed E-state index contributed by atoms with van der Waals surface area (Å²) in [4.78, 5) is 4.14. The second kappa shape index (κ2) is 3.06. The fourth-order valence-electron chi connectivity index (χ4n) is 0.919. The van der Waals surface area contributed by atoms with Crippen LogP contribution in [-0.2, 0) is 0 Å². The molecular formula is C8H6BrN3. The van der Waals surface area contributed by atoms with Crippen LogP contribution in [0.2, 0.25) is 0 Å². The van der Waals surface area contributed by atoms with Gasteiger partial charge in [-0.25, -0.2) is 9.67 Å². The van der Waals surface area contributed by atoms with Gasteiger partial charge in [-0.1, -0.05) is 6.07 Å². The van der Waals surface area contributed by atoms with Crippen molar-refractivity contribution in [2.75, 3.05) is 0 Å². The molecule has 2 aromatic heterocycles. The predicted octanol–water partition coefficient (Wildman–Crippen LogP) is 2.03. The zero-order valence-corrected chi connectivity index (χ0v) is 7.77. The van der Waals surface area contributed by atoms with Gasteiger partial charge in [0.05, 0.1) is 0 Å². The molecule has 0 unspecified atom stereocenters. The van der Waals surface area contributed by atoms with E-state index in [9.17, 15) is 0 Å². The first-order chi connectivity index (χ1) is 5.86. The Bertz CT molecular complexity index is 369. The summed E-state index contributed by atoms with van der Waals surface area (Å²) in [5.74, 6) is 0.822. The van der Waals surface area contributed by atoms with Gasteiger partial charge >= 0.3 is 0 Å². The molecule has 2 rings (SSSR count). The summed E-state index contributed by atoms with van der Waals surface area (Å²) < 4.78 is 2.53. The van der Waals surface area contributed by atoms with Crippen LogP contribution >= 0.6 is 15.9 Å². The molecule has 0 N–H and O–H groups in total. The molecule has 0 aliphatic carbocycles. The first-order valence-corrected chi connectivity index (χ1v) is 4.28. The minimum Gasteiger partial charge on any atom is -0.237 e. The largest absolute Gasteiger partial charge is 0.237 e. The molecule has 3 nitrogen and oxygen atoms in total. The van der Waals surface area contributed by atoms with Crippen molar-refractivity contribution in [2.45, 2.75) is 0 Å². The lowest BCUT2D eigenvalue weighted by Gasteiger charge is -1.96. The van der Waals surface area contributed by atoms with Crippen LogP contribution in [-0.4, -0.2) is 14.8 Å². The topological polar surface area (TPSA) is 30.7 Å². The number of hydrogen-bond donors (Lipinski definition) is 0. The Morgan fingerprint density at radius 1 is 1.25 bits per heavy atom. The third kappa shape index (κ3) is 1.38. The molecule has 0 saturated heterocycles. The van der Waals surface area contributed by atoms with E-state index in [1.54, 1.807) is 10.9 Å². The van der Waals surface area contributed by atoms with Gasteiger partial charge in [-0.3, -0.25) is 0 Å². The van der Waals surface area contributed by atoms with Gasteiger partial charge in [-0.15, -0.1) is 0 Å². The van der Waals surface area contributed by atoms with E-state index in [2.05, 4.69) is 26.0 Å². The maximum atomic E-state index is 4.15. The first-order valence-electron chi connectivity index (χ1n) is 3.49. The zero-order chi connectivity index (χ0) is 8.39. The Morgan fingerprint density at radius 3 is 2.75 bits per heavy atom. The standard InChI is InChI=1S/C8H6BrN3/c9-7-4-6-12(11-7)8-3-1-2-5-10-8/h1-6H. The lowest BCUT2D eigenvalue weighted by molar-refractivity contribution is 0.838. The molecule has 0 aromatic carbocycles. The summed E-state index contributed by atoms with van der Waals surface area (Å²) in [5.41, 5.74) is 0. The maximum absolute atomic E-state index is 4.15. The molecule has 0 spiro atoms. The molecule has 0 aliphatic heterocycles. The second-order valence-electron chi connectivity index (χ2n) is 2.27. The van der Waals surface area contributed by atoms with Crippen LogP contribution in [0, 0.1) is 0 Å². The van der Waals surface area contributed by atoms with E-state index in [1.807, 2.05) is 30.5 Å². The van der Waals surface area contributed by atoms with Crippen LogP contribution in [0.5, 0.6) is 0 Å². The van der Waals surface area contributed by atoms with Crippen molar-refractivity contribution in [3.63, 3.8) is 0 Å². The third-order valence-corrected chi connectivity index (χ3v) is 1.86. The van der Waals surface area contributed by atoms with Gasteiger partial charge in [-0.2, -0.15) is 5.10 Å². The average molecular weight is 224 g/mol. The molecule has 0 fully saturated rings. The SMILES string of the molecule is Brc1ccn(-c2ccccn2)n1. The molecule has 2 aromatic rings. The number of nitrogens with zero attached hydrogens (tertiary/aromatic N) is 3. The Morgan fingerprint density at radius 2 is 2.17 bits per heavy atom. The molecule has 60 valence electrons. The first kappa shape index (κ1) is 7.49. The number of rotatable bonds is 1. The van der Waals surface area contributed by atoms with E-state index < -0.39 is 0 Å². The normalized spacial score (nSPS) is 10.1. The quantitative estimate of drug-likeness (QED) is 0.741. The van der Waals surface area contributed by atoms with Crippen LogP contribution in [0.1, 0.15) is 0 Å². The second-order valence-corrected chi connectivity index (χ2v) is 3.08. The predicted molar refractivity (Wildman–Crippen MR) is 49.1 cm³/mol. The minimum absolute atomic E-state index is 0.813. The summed E-state index contributed by atoms with van der Waals surface area (Å²) >= 11 is 3.27. The van der Waals surface area contributed by atoms with Crippen molar-refractivity contribution in [2.24, 2.45) is 0 Å². The van der Waals surface area contributed by atoms with Crippen molar-refractivity contribution < 1.29 is 0 Å². The number of halogens is 1. The van der Waals surface area contributed by atoms with Gasteiger partial charge in [0.25, 0.3) is 0 Å². The summed E-state index contributed by atoms with van der Waals surface area (Å²) in [6, 6.07) is 7.58. The highest BCUT2D eigenvalue weighted by molar-refractivity contribution is 9.10. The van der Waals surface area contributed by atoms with Crippen molar-refractivity contribution >= 4 is 15.9 Å². The molecule has 2 heterocycles. The van der Waals surface area contributed by atoms with E-state index in [4.69, 9.17) is 0 Å². The molecule has 4 heteroatoms. The van der Waals surface area contributed by atoms with Gasteiger partial charge < -0.3 is 0 Å². The zero-order valence-electron chi connectivity index (χ0n) is 6.18. The number of pyridine rings is 1. The molecule has 12 heavy (non-hydrogen) atoms. The summed E-state index contributed by atoms with van der Waals surface area (Å²) in [6.45, 7) is 0. The van der Waals surface area contributed by atoms with Crippen molar-refractivity contribution in [3.05, 3.63) is 41.3 Å². The van der Waals surface area contributed by atoms with E-state index in [1.165, 1.54) is 0 Å². The van der Waals surface area contributed by atoms with Crippen molar-refractivity contribution in [3.8, 4) is 5.82 Å². The summed E-state index contributed by atoms with van der Waals surface area (Å²) in [7, 11) is 0. The average Bonchev–Trinajstić information content (AvgIpc) is 2.54. The lowest BCUT2D eigenvalue weighted by Crippen LogP contribution is -1.96. The highest BCUT2D eigenvalue weighted by Crippen LogP contribution is 2.07. The van der Waals surface area contributed by atoms with Crippen LogP contribution in [0.3, 0.4) is 0 Å². The van der Waals surface area contributed by atoms with Crippen LogP contribution in [0.25, 0.3) is 5.82 Å². The molecule has 0 saturated carbocycles. The van der Waals surface area contributed by atoms with E-state index in [0.717, 1.165) is 10.4 Å². The van der Waals surface area contributed by atoms with Crippen LogP contribution < -0.4 is 0 Å². The minimum atomic E-state index is 0.813. The molecule has 0 atom stereocenters. The third-order valence-electron chi connectivity index (χ3n) is 1.44. The van der Waals surface area contributed by atoms with Gasteiger partial charge in [0.2, 0.25) is 0 Å². The van der Waals surface area contributed by atoms with E-state index in [0.29, 0.717) is 0 Å². The van der Waals surface area contributed by atoms with Gasteiger partial charge in [0.15, 0.2) is 5.82 Å². The highest BCUT2D eigenvalue weighted by Gasteiger charge is 1.97. The van der Waals surface area contributed by atoms with Crippen molar-refractivity contribution in [1.82, 2.24) is 14.8 Å². The smallest absolute Gasteiger partial charge is 0.153 e. The van der Waals surface area contributed by atoms with E-state index in [-0.39, 0.29) is 0 Å². The fraction of sp³-hybridized carbons (Fsp3) is 0. The fourth-order valence-corrected chi connectivity index (χ4v) is 1.21. The molecule has 0 amide bonds. The number of aromatic nitrogens is 3. The number of hydrogen-bond acceptors (Lipinski definition) is 2. The Kier molecular flexibility index (Phi) is 1.91. The molecular weight excluding hydrogens is 218 g/mol. The molecule has 0 radical (unpaired) electrons. The van der Waals surface area contributed by atoms with Gasteiger partial charge in [-0.05, 0) is 34.1 Å². The monoisotopic (exact) mass is 223 g/mol. The van der Waals surface area contributed by atoms with Crippen LogP contribution in [0.4, 0.5) is 0 Å². The van der Waals surface area contributed by atoms with E-state index >= 15 is 0 Å². The van der Waals surface area contributed by atoms with Gasteiger partial charge in [0.1, 0.15) is 4.60 Å². The van der Waals surface area contributed by atoms with Crippen LogP contribution in [0.15, 0.2) is 41.3 Å². The maximum Gasteiger partial charge on any atom is 0.153 e. The molecule has 0 bridgehead atoms. The Hall–Kier alpha value is -1.16. The van der Waals surface area contributed by atoms with Gasteiger partial charge in [0, 0.05) is 12.4 Å². The lowest BCUT2D eigenvalue weighted by atomic mass is 10.5. The van der Waals surface area contributed by atoms with Crippen molar-refractivity contribution in [1.29, 1.82) is 0 Å².